The number of carbonyl (C=O) groups is 1. The molecule has 1 aromatic carbocycles. The maximum atomic E-state index is 14.1. The summed E-state index contributed by atoms with van der Waals surface area (Å²) in [4.78, 5) is 14.7. The van der Waals surface area contributed by atoms with Crippen LogP contribution in [0.3, 0.4) is 0 Å². The highest BCUT2D eigenvalue weighted by Gasteiger charge is 2.17. The fourth-order valence-corrected chi connectivity index (χ4v) is 2.50. The van der Waals surface area contributed by atoms with Gasteiger partial charge < -0.3 is 10.4 Å². The molecule has 3 rings (SSSR count). The Kier molecular flexibility index (Phi) is 3.40. The number of pyridine rings is 1. The van der Waals surface area contributed by atoms with E-state index in [0.717, 1.165) is 17.8 Å². The molecule has 0 unspecified atom stereocenters. The third-order valence-corrected chi connectivity index (χ3v) is 3.60. The first-order chi connectivity index (χ1) is 10.1. The van der Waals surface area contributed by atoms with Gasteiger partial charge >= 0.3 is 5.97 Å². The van der Waals surface area contributed by atoms with Gasteiger partial charge in [0, 0.05) is 6.20 Å². The Bertz CT molecular complexity index is 854. The van der Waals surface area contributed by atoms with Gasteiger partial charge in [-0.05, 0) is 18.2 Å². The molecule has 106 valence electrons. The molecular weight excluding hydrogens is 319 g/mol. The lowest BCUT2D eigenvalue weighted by Gasteiger charge is -2.09. The van der Waals surface area contributed by atoms with Crippen LogP contribution in [-0.2, 0) is 0 Å². The molecule has 21 heavy (non-hydrogen) atoms. The number of aromatic nitrogens is 3. The summed E-state index contributed by atoms with van der Waals surface area (Å²) in [6.07, 6.45) is 1.20. The molecule has 2 N–H and O–H groups in total. The van der Waals surface area contributed by atoms with Gasteiger partial charge in [0.15, 0.2) is 11.6 Å². The second-order valence-electron chi connectivity index (χ2n) is 4.01. The van der Waals surface area contributed by atoms with Crippen LogP contribution in [0.5, 0.6) is 0 Å². The third kappa shape index (κ3) is 2.39. The summed E-state index contributed by atoms with van der Waals surface area (Å²) in [7, 11) is 0. The van der Waals surface area contributed by atoms with E-state index in [9.17, 15) is 9.18 Å². The summed E-state index contributed by atoms with van der Waals surface area (Å²) in [6.45, 7) is 0. The molecule has 0 spiro atoms. The van der Waals surface area contributed by atoms with Crippen molar-refractivity contribution in [3.8, 4) is 0 Å². The summed E-state index contributed by atoms with van der Waals surface area (Å²) in [6, 6.07) is 4.35. The lowest BCUT2D eigenvalue weighted by atomic mass is 10.2. The summed E-state index contributed by atoms with van der Waals surface area (Å²) in [5.41, 5.74) is 0.917. The Morgan fingerprint density at radius 3 is 2.90 bits per heavy atom. The number of aromatic carboxylic acids is 1. The quantitative estimate of drug-likeness (QED) is 0.768. The number of nitrogens with zero attached hydrogens (tertiary/aromatic N) is 3. The van der Waals surface area contributed by atoms with Crippen molar-refractivity contribution in [1.82, 2.24) is 13.7 Å². The van der Waals surface area contributed by atoms with E-state index in [4.69, 9.17) is 16.7 Å². The van der Waals surface area contributed by atoms with E-state index in [1.807, 2.05) is 0 Å². The number of rotatable bonds is 3. The Morgan fingerprint density at radius 1 is 1.33 bits per heavy atom. The smallest absolute Gasteiger partial charge is 0.338 e. The Labute approximate surface area is 126 Å². The number of carboxylic acid groups (broad SMARTS) is 1. The maximum absolute atomic E-state index is 14.1. The summed E-state index contributed by atoms with van der Waals surface area (Å²) >= 11 is 7.06. The van der Waals surface area contributed by atoms with Crippen LogP contribution >= 0.6 is 23.3 Å². The Balaban J connectivity index is 2.11. The molecule has 0 atom stereocenters. The Morgan fingerprint density at radius 2 is 2.14 bits per heavy atom. The molecule has 2 aromatic heterocycles. The first-order valence-corrected chi connectivity index (χ1v) is 6.74. The standard InChI is InChI=1S/C12H6ClFN4O2S/c13-6-1-2-7-10(18-21-17-7)9(6)16-11-8(14)5(12(19)20)3-4-15-11/h1-4H,(H,15,16)(H,19,20). The average Bonchev–Trinajstić information content (AvgIpc) is 2.92. The predicted octanol–water partition coefficient (Wildman–Crippen LogP) is 3.32. The summed E-state index contributed by atoms with van der Waals surface area (Å²) < 4.78 is 22.2. The molecule has 0 amide bonds. The maximum Gasteiger partial charge on any atom is 0.338 e. The monoisotopic (exact) mass is 324 g/mol. The average molecular weight is 325 g/mol. The zero-order chi connectivity index (χ0) is 15.0. The van der Waals surface area contributed by atoms with Gasteiger partial charge in [-0.2, -0.15) is 8.75 Å². The van der Waals surface area contributed by atoms with Crippen molar-refractivity contribution in [2.24, 2.45) is 0 Å². The molecule has 0 bridgehead atoms. The van der Waals surface area contributed by atoms with Crippen molar-refractivity contribution in [2.45, 2.75) is 0 Å². The van der Waals surface area contributed by atoms with Crippen LogP contribution in [0.25, 0.3) is 11.0 Å². The molecule has 0 fully saturated rings. The van der Waals surface area contributed by atoms with E-state index in [0.29, 0.717) is 21.7 Å². The van der Waals surface area contributed by atoms with Crippen LogP contribution in [0.15, 0.2) is 24.4 Å². The number of nitrogens with one attached hydrogen (secondary N) is 1. The van der Waals surface area contributed by atoms with Gasteiger partial charge in [0.1, 0.15) is 16.6 Å². The van der Waals surface area contributed by atoms with Crippen LogP contribution < -0.4 is 5.32 Å². The fourth-order valence-electron chi connectivity index (χ4n) is 1.76. The van der Waals surface area contributed by atoms with E-state index in [-0.39, 0.29) is 5.82 Å². The van der Waals surface area contributed by atoms with Crippen molar-refractivity contribution in [3.63, 3.8) is 0 Å². The van der Waals surface area contributed by atoms with Crippen LogP contribution in [0.4, 0.5) is 15.9 Å². The molecular formula is C12H6ClFN4O2S. The number of halogens is 2. The second kappa shape index (κ2) is 5.23. The van der Waals surface area contributed by atoms with Gasteiger partial charge in [0.05, 0.1) is 22.4 Å². The number of fused-ring (bicyclic) bond motifs is 1. The number of benzene rings is 1. The van der Waals surface area contributed by atoms with Gasteiger partial charge in [0.25, 0.3) is 0 Å². The highest BCUT2D eigenvalue weighted by atomic mass is 35.5. The minimum Gasteiger partial charge on any atom is -0.478 e. The van der Waals surface area contributed by atoms with Gasteiger partial charge in [-0.25, -0.2) is 14.2 Å². The molecule has 0 aliphatic rings. The van der Waals surface area contributed by atoms with E-state index in [2.05, 4.69) is 19.0 Å². The van der Waals surface area contributed by atoms with Crippen molar-refractivity contribution >= 4 is 51.8 Å². The minimum absolute atomic E-state index is 0.239. The SMILES string of the molecule is O=C(O)c1ccnc(Nc2c(Cl)ccc3nsnc23)c1F. The number of hydrogen-bond donors (Lipinski definition) is 2. The highest BCUT2D eigenvalue weighted by Crippen LogP contribution is 2.32. The molecule has 2 heterocycles. The first kappa shape index (κ1) is 13.7. The molecule has 0 aliphatic heterocycles. The lowest BCUT2D eigenvalue weighted by molar-refractivity contribution is 0.0692. The van der Waals surface area contributed by atoms with E-state index < -0.39 is 17.3 Å². The van der Waals surface area contributed by atoms with Crippen LogP contribution in [0.1, 0.15) is 10.4 Å². The molecule has 0 saturated heterocycles. The number of carboxylic acids is 1. The molecule has 9 heteroatoms. The van der Waals surface area contributed by atoms with Crippen LogP contribution in [0.2, 0.25) is 5.02 Å². The predicted molar refractivity (Wildman–Crippen MR) is 76.9 cm³/mol. The van der Waals surface area contributed by atoms with Crippen molar-refractivity contribution in [3.05, 3.63) is 40.8 Å². The van der Waals surface area contributed by atoms with Gasteiger partial charge in [-0.15, -0.1) is 0 Å². The number of hydrogen-bond acceptors (Lipinski definition) is 6. The molecule has 6 nitrogen and oxygen atoms in total. The minimum atomic E-state index is -1.38. The topological polar surface area (TPSA) is 88.0 Å². The van der Waals surface area contributed by atoms with Gasteiger partial charge in [-0.3, -0.25) is 0 Å². The second-order valence-corrected chi connectivity index (χ2v) is 4.94. The van der Waals surface area contributed by atoms with E-state index in [1.54, 1.807) is 12.1 Å². The molecule has 3 aromatic rings. The third-order valence-electron chi connectivity index (χ3n) is 2.74. The van der Waals surface area contributed by atoms with Crippen LogP contribution in [0, 0.1) is 5.82 Å². The fraction of sp³-hybridized carbons (Fsp3) is 0. The molecule has 0 saturated carbocycles. The largest absolute Gasteiger partial charge is 0.478 e. The van der Waals surface area contributed by atoms with Crippen molar-refractivity contribution < 1.29 is 14.3 Å². The van der Waals surface area contributed by atoms with E-state index >= 15 is 0 Å². The first-order valence-electron chi connectivity index (χ1n) is 5.63. The molecule has 0 aliphatic carbocycles. The van der Waals surface area contributed by atoms with E-state index in [1.165, 1.54) is 6.20 Å². The lowest BCUT2D eigenvalue weighted by Crippen LogP contribution is -2.06. The zero-order valence-electron chi connectivity index (χ0n) is 10.2. The summed E-state index contributed by atoms with van der Waals surface area (Å²) in [5, 5.41) is 11.9. The number of anilines is 2. The zero-order valence-corrected chi connectivity index (χ0v) is 11.7. The van der Waals surface area contributed by atoms with Crippen molar-refractivity contribution in [1.29, 1.82) is 0 Å². The highest BCUT2D eigenvalue weighted by molar-refractivity contribution is 7.00. The summed E-state index contributed by atoms with van der Waals surface area (Å²) in [5.74, 6) is -2.59. The van der Waals surface area contributed by atoms with Crippen molar-refractivity contribution in [2.75, 3.05) is 5.32 Å². The van der Waals surface area contributed by atoms with Gasteiger partial charge in [-0.1, -0.05) is 11.6 Å². The molecule has 0 radical (unpaired) electrons. The Hall–Kier alpha value is -2.32. The van der Waals surface area contributed by atoms with Gasteiger partial charge in [0.2, 0.25) is 0 Å². The van der Waals surface area contributed by atoms with Crippen LogP contribution in [-0.4, -0.2) is 24.8 Å². The normalized spacial score (nSPS) is 10.8.